The molecule has 0 unspecified atom stereocenters. The van der Waals surface area contributed by atoms with Crippen molar-refractivity contribution in [3.05, 3.63) is 0 Å². The second kappa shape index (κ2) is 6.42. The van der Waals surface area contributed by atoms with E-state index in [1.165, 1.54) is 0 Å². The van der Waals surface area contributed by atoms with Gasteiger partial charge in [-0.1, -0.05) is 13.8 Å². The molecule has 0 spiro atoms. The molecule has 15 heavy (non-hydrogen) atoms. The van der Waals surface area contributed by atoms with Crippen molar-refractivity contribution in [1.29, 1.82) is 0 Å². The van der Waals surface area contributed by atoms with Crippen LogP contribution in [-0.2, 0) is 10.0 Å². The third kappa shape index (κ3) is 10.1. The molecule has 0 saturated carbocycles. The van der Waals surface area contributed by atoms with E-state index in [-0.39, 0.29) is 17.8 Å². The average Bonchev–Trinajstić information content (AvgIpc) is 2.08. The van der Waals surface area contributed by atoms with E-state index < -0.39 is 10.0 Å². The maximum absolute atomic E-state index is 10.6. The quantitative estimate of drug-likeness (QED) is 0.505. The van der Waals surface area contributed by atoms with E-state index in [4.69, 9.17) is 10.2 Å². The number of sulfonamides is 1. The first-order chi connectivity index (χ1) is 6.77. The molecule has 0 aliphatic rings. The summed E-state index contributed by atoms with van der Waals surface area (Å²) in [5, 5.41) is 16.6. The van der Waals surface area contributed by atoms with Crippen LogP contribution in [0.3, 0.4) is 0 Å². The van der Waals surface area contributed by atoms with Gasteiger partial charge < -0.3 is 10.4 Å². The zero-order valence-corrected chi connectivity index (χ0v) is 10.3. The second-order valence-electron chi connectivity index (χ2n) is 4.54. The molecule has 0 radical (unpaired) electrons. The van der Waals surface area contributed by atoms with Crippen molar-refractivity contribution in [2.45, 2.75) is 26.7 Å². The van der Waals surface area contributed by atoms with E-state index in [0.717, 1.165) is 19.4 Å². The van der Waals surface area contributed by atoms with Crippen molar-refractivity contribution in [1.82, 2.24) is 5.32 Å². The smallest absolute Gasteiger partial charge is 0.210 e. The maximum Gasteiger partial charge on any atom is 0.210 e. The summed E-state index contributed by atoms with van der Waals surface area (Å²) in [7, 11) is -3.36. The Balaban J connectivity index is 3.66. The van der Waals surface area contributed by atoms with Crippen molar-refractivity contribution in [2.24, 2.45) is 10.6 Å². The van der Waals surface area contributed by atoms with Gasteiger partial charge in [-0.15, -0.1) is 0 Å². The van der Waals surface area contributed by atoms with Gasteiger partial charge in [-0.2, -0.15) is 0 Å². The highest BCUT2D eigenvalue weighted by molar-refractivity contribution is 7.89. The molecule has 0 aromatic heterocycles. The molecule has 0 aromatic rings. The van der Waals surface area contributed by atoms with Crippen molar-refractivity contribution in [2.75, 3.05) is 25.4 Å². The summed E-state index contributed by atoms with van der Waals surface area (Å²) < 4.78 is 21.3. The molecule has 5 nitrogen and oxygen atoms in total. The van der Waals surface area contributed by atoms with Crippen LogP contribution < -0.4 is 10.5 Å². The zero-order chi connectivity index (χ0) is 11.9. The molecular weight excluding hydrogens is 216 g/mol. The van der Waals surface area contributed by atoms with E-state index in [1.54, 1.807) is 0 Å². The van der Waals surface area contributed by atoms with Gasteiger partial charge in [0.2, 0.25) is 10.0 Å². The van der Waals surface area contributed by atoms with E-state index in [9.17, 15) is 8.42 Å². The SMILES string of the molecule is CC(C)(CCCO)CNCCS(N)(=O)=O. The van der Waals surface area contributed by atoms with Crippen LogP contribution >= 0.6 is 0 Å². The summed E-state index contributed by atoms with van der Waals surface area (Å²) >= 11 is 0. The average molecular weight is 238 g/mol. The van der Waals surface area contributed by atoms with Gasteiger partial charge in [0.1, 0.15) is 0 Å². The standard InChI is InChI=1S/C9H22N2O3S/c1-9(2,4-3-6-12)8-11-5-7-15(10,13)14/h11-12H,3-8H2,1-2H3,(H2,10,13,14). The predicted molar refractivity (Wildman–Crippen MR) is 60.9 cm³/mol. The number of hydrogen-bond acceptors (Lipinski definition) is 4. The van der Waals surface area contributed by atoms with Crippen LogP contribution in [0.2, 0.25) is 0 Å². The highest BCUT2D eigenvalue weighted by Crippen LogP contribution is 2.20. The Bertz CT molecular complexity index is 263. The highest BCUT2D eigenvalue weighted by atomic mass is 32.2. The topological polar surface area (TPSA) is 92.4 Å². The van der Waals surface area contributed by atoms with Crippen LogP contribution in [0.5, 0.6) is 0 Å². The number of nitrogens with two attached hydrogens (primary N) is 1. The van der Waals surface area contributed by atoms with Crippen LogP contribution in [0.15, 0.2) is 0 Å². The van der Waals surface area contributed by atoms with Gasteiger partial charge in [0.25, 0.3) is 0 Å². The minimum atomic E-state index is -3.36. The fourth-order valence-corrected chi connectivity index (χ4v) is 1.72. The summed E-state index contributed by atoms with van der Waals surface area (Å²) in [6, 6.07) is 0. The number of hydrogen-bond donors (Lipinski definition) is 3. The largest absolute Gasteiger partial charge is 0.396 e. The maximum atomic E-state index is 10.6. The van der Waals surface area contributed by atoms with Crippen molar-refractivity contribution in [3.8, 4) is 0 Å². The Hall–Kier alpha value is -0.170. The molecule has 0 rings (SSSR count). The van der Waals surface area contributed by atoms with E-state index in [1.807, 2.05) is 0 Å². The first kappa shape index (κ1) is 14.8. The molecule has 0 aliphatic heterocycles. The number of aliphatic hydroxyl groups excluding tert-OH is 1. The third-order valence-corrected chi connectivity index (χ3v) is 2.95. The van der Waals surface area contributed by atoms with Gasteiger partial charge in [0.05, 0.1) is 5.75 Å². The lowest BCUT2D eigenvalue weighted by atomic mass is 9.88. The fourth-order valence-electron chi connectivity index (χ4n) is 1.29. The van der Waals surface area contributed by atoms with Gasteiger partial charge in [0, 0.05) is 19.7 Å². The van der Waals surface area contributed by atoms with Gasteiger partial charge in [-0.25, -0.2) is 13.6 Å². The number of nitrogens with one attached hydrogen (secondary N) is 1. The van der Waals surface area contributed by atoms with Crippen LogP contribution in [0.25, 0.3) is 0 Å². The molecule has 0 saturated heterocycles. The normalized spacial score (nSPS) is 13.1. The molecule has 6 heteroatoms. The number of aliphatic hydroxyl groups is 1. The predicted octanol–water partition coefficient (Wildman–Crippen LogP) is -0.337. The van der Waals surface area contributed by atoms with Gasteiger partial charge >= 0.3 is 0 Å². The molecule has 0 amide bonds. The van der Waals surface area contributed by atoms with Crippen molar-refractivity contribution in [3.63, 3.8) is 0 Å². The van der Waals surface area contributed by atoms with Crippen molar-refractivity contribution >= 4 is 10.0 Å². The van der Waals surface area contributed by atoms with Crippen LogP contribution in [0.4, 0.5) is 0 Å². The summed E-state index contributed by atoms with van der Waals surface area (Å²) in [5.41, 5.74) is 0.0705. The molecule has 0 fully saturated rings. The van der Waals surface area contributed by atoms with Crippen LogP contribution in [0, 0.1) is 5.41 Å². The lowest BCUT2D eigenvalue weighted by molar-refractivity contribution is 0.237. The van der Waals surface area contributed by atoms with Crippen LogP contribution in [-0.4, -0.2) is 39.0 Å². The Morgan fingerprint density at radius 1 is 1.40 bits per heavy atom. The summed E-state index contributed by atoms with van der Waals surface area (Å²) in [5.74, 6) is -0.0386. The molecule has 0 bridgehead atoms. The molecule has 0 heterocycles. The first-order valence-electron chi connectivity index (χ1n) is 5.09. The summed E-state index contributed by atoms with van der Waals surface area (Å²) in [4.78, 5) is 0. The van der Waals surface area contributed by atoms with E-state index in [2.05, 4.69) is 19.2 Å². The van der Waals surface area contributed by atoms with E-state index in [0.29, 0.717) is 6.54 Å². The Morgan fingerprint density at radius 2 is 2.00 bits per heavy atom. The second-order valence-corrected chi connectivity index (χ2v) is 6.27. The fraction of sp³-hybridized carbons (Fsp3) is 1.00. The monoisotopic (exact) mass is 238 g/mol. The summed E-state index contributed by atoms with van der Waals surface area (Å²) in [6.07, 6.45) is 1.68. The molecular formula is C9H22N2O3S. The minimum absolute atomic E-state index is 0.0386. The molecule has 0 aliphatic carbocycles. The van der Waals surface area contributed by atoms with Gasteiger partial charge in [-0.05, 0) is 18.3 Å². The molecule has 92 valence electrons. The van der Waals surface area contributed by atoms with Crippen LogP contribution in [0.1, 0.15) is 26.7 Å². The van der Waals surface area contributed by atoms with Gasteiger partial charge in [-0.3, -0.25) is 0 Å². The molecule has 0 atom stereocenters. The Labute approximate surface area is 92.1 Å². The molecule has 0 aromatic carbocycles. The Morgan fingerprint density at radius 3 is 2.47 bits per heavy atom. The highest BCUT2D eigenvalue weighted by Gasteiger charge is 2.16. The lowest BCUT2D eigenvalue weighted by Crippen LogP contribution is -2.34. The third-order valence-electron chi connectivity index (χ3n) is 2.18. The minimum Gasteiger partial charge on any atom is -0.396 e. The zero-order valence-electron chi connectivity index (χ0n) is 9.49. The van der Waals surface area contributed by atoms with Gasteiger partial charge in [0.15, 0.2) is 0 Å². The first-order valence-corrected chi connectivity index (χ1v) is 6.80. The Kier molecular flexibility index (Phi) is 6.35. The molecule has 4 N–H and O–H groups in total. The summed E-state index contributed by atoms with van der Waals surface area (Å²) in [6.45, 7) is 5.45. The number of primary sulfonamides is 1. The van der Waals surface area contributed by atoms with E-state index >= 15 is 0 Å². The lowest BCUT2D eigenvalue weighted by Gasteiger charge is -2.24. The number of rotatable bonds is 8. The van der Waals surface area contributed by atoms with Crippen molar-refractivity contribution < 1.29 is 13.5 Å².